The zero-order chi connectivity index (χ0) is 13.5. The van der Waals surface area contributed by atoms with Crippen molar-refractivity contribution in [3.8, 4) is 6.07 Å². The number of thioether (sulfide) groups is 1. The number of nitrogens with zero attached hydrogens (tertiary/aromatic N) is 3. The predicted molar refractivity (Wildman–Crippen MR) is 72.3 cm³/mol. The third kappa shape index (κ3) is 4.76. The second-order valence-electron chi connectivity index (χ2n) is 4.14. The van der Waals surface area contributed by atoms with Crippen LogP contribution in [-0.2, 0) is 4.79 Å². The van der Waals surface area contributed by atoms with E-state index in [9.17, 15) is 4.79 Å². The highest BCUT2D eigenvalue weighted by Gasteiger charge is 2.09. The molecular weight excluding hydrogens is 246 g/mol. The minimum absolute atomic E-state index is 0.0243. The molecule has 1 rings (SSSR count). The lowest BCUT2D eigenvalue weighted by Gasteiger charge is -2.14. The quantitative estimate of drug-likeness (QED) is 0.764. The minimum atomic E-state index is 0.0243. The Labute approximate surface area is 112 Å². The maximum atomic E-state index is 11.8. The van der Waals surface area contributed by atoms with E-state index in [2.05, 4.69) is 4.98 Å². The Hall–Kier alpha value is -1.54. The monoisotopic (exact) mass is 263 g/mol. The molecule has 0 fully saturated rings. The van der Waals surface area contributed by atoms with E-state index in [0.29, 0.717) is 18.7 Å². The van der Waals surface area contributed by atoms with Crippen molar-refractivity contribution in [2.45, 2.75) is 25.3 Å². The second-order valence-corrected chi connectivity index (χ2v) is 5.13. The number of hydrogen-bond donors (Lipinski definition) is 0. The largest absolute Gasteiger partial charge is 0.344 e. The fourth-order valence-corrected chi connectivity index (χ4v) is 2.44. The molecule has 0 aliphatic rings. The topological polar surface area (TPSA) is 57.0 Å². The van der Waals surface area contributed by atoms with Gasteiger partial charge in [-0.2, -0.15) is 5.26 Å². The average Bonchev–Trinajstić information content (AvgIpc) is 2.31. The number of aromatic nitrogens is 1. The highest BCUT2D eigenvalue weighted by molar-refractivity contribution is 7.99. The zero-order valence-corrected chi connectivity index (χ0v) is 11.8. The molecule has 0 radical (unpaired) electrons. The van der Waals surface area contributed by atoms with Crippen LogP contribution in [0.5, 0.6) is 0 Å². The standard InChI is InChI=1S/C13H17N3OS/c1-10-7-11(2)15-12(8-10)18-9-13(17)16(3)6-4-5-14/h7-8H,4,6,9H2,1-3H3. The molecule has 0 unspecified atom stereocenters. The summed E-state index contributed by atoms with van der Waals surface area (Å²) in [6, 6.07) is 6.01. The smallest absolute Gasteiger partial charge is 0.232 e. The van der Waals surface area contributed by atoms with Crippen LogP contribution < -0.4 is 0 Å². The lowest BCUT2D eigenvalue weighted by Crippen LogP contribution is -2.29. The molecule has 0 atom stereocenters. The molecule has 0 saturated heterocycles. The van der Waals surface area contributed by atoms with Gasteiger partial charge in [0, 0.05) is 19.3 Å². The number of carbonyl (C=O) groups excluding carboxylic acids is 1. The second kappa shape index (κ2) is 7.02. The third-order valence-electron chi connectivity index (χ3n) is 2.40. The number of hydrogen-bond acceptors (Lipinski definition) is 4. The summed E-state index contributed by atoms with van der Waals surface area (Å²) in [5.74, 6) is 0.383. The summed E-state index contributed by atoms with van der Waals surface area (Å²) in [6.45, 7) is 4.44. The Morgan fingerprint density at radius 2 is 2.22 bits per heavy atom. The van der Waals surface area contributed by atoms with Crippen LogP contribution in [0.1, 0.15) is 17.7 Å². The molecule has 4 nitrogen and oxygen atoms in total. The van der Waals surface area contributed by atoms with E-state index in [4.69, 9.17) is 5.26 Å². The van der Waals surface area contributed by atoms with Crippen LogP contribution in [0.2, 0.25) is 0 Å². The number of aryl methyl sites for hydroxylation is 2. The van der Waals surface area contributed by atoms with E-state index in [1.807, 2.05) is 32.0 Å². The molecule has 96 valence electrons. The zero-order valence-electron chi connectivity index (χ0n) is 10.9. The van der Waals surface area contributed by atoms with Gasteiger partial charge in [0.15, 0.2) is 0 Å². The Bertz CT molecular complexity index is 448. The van der Waals surface area contributed by atoms with Gasteiger partial charge in [-0.15, -0.1) is 0 Å². The highest BCUT2D eigenvalue weighted by atomic mass is 32.2. The van der Waals surface area contributed by atoms with Gasteiger partial charge in [0.1, 0.15) is 0 Å². The molecule has 1 amide bonds. The first kappa shape index (κ1) is 14.5. The minimum Gasteiger partial charge on any atom is -0.344 e. The van der Waals surface area contributed by atoms with Gasteiger partial charge in [0.2, 0.25) is 5.91 Å². The van der Waals surface area contributed by atoms with Crippen molar-refractivity contribution in [3.05, 3.63) is 23.4 Å². The fraction of sp³-hybridized carbons (Fsp3) is 0.462. The summed E-state index contributed by atoms with van der Waals surface area (Å²) >= 11 is 1.43. The first-order chi connectivity index (χ1) is 8.52. The van der Waals surface area contributed by atoms with Crippen LogP contribution in [0, 0.1) is 25.2 Å². The van der Waals surface area contributed by atoms with Gasteiger partial charge in [-0.3, -0.25) is 4.79 Å². The van der Waals surface area contributed by atoms with Gasteiger partial charge < -0.3 is 4.90 Å². The van der Waals surface area contributed by atoms with E-state index < -0.39 is 0 Å². The van der Waals surface area contributed by atoms with E-state index in [0.717, 1.165) is 16.3 Å². The lowest BCUT2D eigenvalue weighted by atomic mass is 10.3. The predicted octanol–water partition coefficient (Wildman–Crippen LogP) is 2.16. The average molecular weight is 263 g/mol. The SMILES string of the molecule is Cc1cc(C)nc(SCC(=O)N(C)CCC#N)c1. The Morgan fingerprint density at radius 3 is 2.83 bits per heavy atom. The maximum absolute atomic E-state index is 11.8. The highest BCUT2D eigenvalue weighted by Crippen LogP contribution is 2.17. The van der Waals surface area contributed by atoms with E-state index in [-0.39, 0.29) is 5.91 Å². The molecule has 1 heterocycles. The molecule has 0 spiro atoms. The van der Waals surface area contributed by atoms with E-state index in [1.165, 1.54) is 11.8 Å². The lowest BCUT2D eigenvalue weighted by molar-refractivity contribution is -0.127. The molecule has 0 saturated carbocycles. The van der Waals surface area contributed by atoms with Gasteiger partial charge in [0.05, 0.1) is 23.3 Å². The molecule has 18 heavy (non-hydrogen) atoms. The van der Waals surface area contributed by atoms with Gasteiger partial charge >= 0.3 is 0 Å². The number of pyridine rings is 1. The normalized spacial score (nSPS) is 9.89. The first-order valence-electron chi connectivity index (χ1n) is 5.72. The summed E-state index contributed by atoms with van der Waals surface area (Å²) in [7, 11) is 1.72. The Morgan fingerprint density at radius 1 is 1.50 bits per heavy atom. The van der Waals surface area contributed by atoms with E-state index in [1.54, 1.807) is 11.9 Å². The van der Waals surface area contributed by atoms with Crippen molar-refractivity contribution in [1.29, 1.82) is 5.26 Å². The van der Waals surface area contributed by atoms with Gasteiger partial charge in [-0.05, 0) is 31.5 Å². The third-order valence-corrected chi connectivity index (χ3v) is 3.30. The van der Waals surface area contributed by atoms with Crippen molar-refractivity contribution >= 4 is 17.7 Å². The first-order valence-corrected chi connectivity index (χ1v) is 6.70. The number of rotatable bonds is 5. The number of carbonyl (C=O) groups is 1. The molecule has 5 heteroatoms. The van der Waals surface area contributed by atoms with Crippen LogP contribution in [0.15, 0.2) is 17.2 Å². The van der Waals surface area contributed by atoms with E-state index >= 15 is 0 Å². The van der Waals surface area contributed by atoms with Crippen molar-refractivity contribution < 1.29 is 4.79 Å². The molecular formula is C13H17N3OS. The molecule has 0 bridgehead atoms. The van der Waals surface area contributed by atoms with Crippen LogP contribution in [0.25, 0.3) is 0 Å². The molecule has 1 aromatic rings. The van der Waals surface area contributed by atoms with Crippen LogP contribution >= 0.6 is 11.8 Å². The molecule has 0 aliphatic heterocycles. The Balaban J connectivity index is 2.49. The molecule has 0 aliphatic carbocycles. The summed E-state index contributed by atoms with van der Waals surface area (Å²) in [5.41, 5.74) is 2.11. The van der Waals surface area contributed by atoms with Crippen molar-refractivity contribution in [3.63, 3.8) is 0 Å². The summed E-state index contributed by atoms with van der Waals surface area (Å²) in [6.07, 6.45) is 0.370. The Kier molecular flexibility index (Phi) is 5.66. The fourth-order valence-electron chi connectivity index (χ4n) is 1.47. The van der Waals surface area contributed by atoms with Crippen molar-refractivity contribution in [1.82, 2.24) is 9.88 Å². The number of amides is 1. The number of nitriles is 1. The maximum Gasteiger partial charge on any atom is 0.232 e. The molecule has 0 aromatic carbocycles. The van der Waals surface area contributed by atoms with Gasteiger partial charge in [0.25, 0.3) is 0 Å². The van der Waals surface area contributed by atoms with Crippen LogP contribution in [-0.4, -0.2) is 35.1 Å². The molecule has 1 aromatic heterocycles. The summed E-state index contributed by atoms with van der Waals surface area (Å²) in [5, 5.41) is 9.33. The van der Waals surface area contributed by atoms with Crippen molar-refractivity contribution in [2.24, 2.45) is 0 Å². The van der Waals surface area contributed by atoms with Crippen LogP contribution in [0.3, 0.4) is 0 Å². The van der Waals surface area contributed by atoms with Crippen LogP contribution in [0.4, 0.5) is 0 Å². The summed E-state index contributed by atoms with van der Waals surface area (Å²) < 4.78 is 0. The summed E-state index contributed by atoms with van der Waals surface area (Å²) in [4.78, 5) is 17.7. The van der Waals surface area contributed by atoms with Gasteiger partial charge in [-0.25, -0.2) is 4.98 Å². The molecule has 0 N–H and O–H groups in total. The van der Waals surface area contributed by atoms with Gasteiger partial charge in [-0.1, -0.05) is 11.8 Å². The van der Waals surface area contributed by atoms with Crippen molar-refractivity contribution in [2.75, 3.05) is 19.3 Å².